The van der Waals surface area contributed by atoms with Crippen LogP contribution >= 0.6 is 11.3 Å². The highest BCUT2D eigenvalue weighted by atomic mass is 32.1. The Morgan fingerprint density at radius 3 is 2.42 bits per heavy atom. The summed E-state index contributed by atoms with van der Waals surface area (Å²) in [7, 11) is 0. The van der Waals surface area contributed by atoms with E-state index in [1.807, 2.05) is 12.1 Å². The van der Waals surface area contributed by atoms with Gasteiger partial charge in [0.1, 0.15) is 11.0 Å². The lowest BCUT2D eigenvalue weighted by atomic mass is 10.0. The third-order valence-corrected chi connectivity index (χ3v) is 8.72. The van der Waals surface area contributed by atoms with Crippen molar-refractivity contribution in [3.8, 4) is 10.6 Å². The number of piperidine rings is 1. The van der Waals surface area contributed by atoms with Crippen LogP contribution in [0.4, 0.5) is 11.4 Å². The molecule has 3 N–H and O–H groups in total. The molecule has 45 heavy (non-hydrogen) atoms. The summed E-state index contributed by atoms with van der Waals surface area (Å²) >= 11 is 1.70. The van der Waals surface area contributed by atoms with E-state index in [9.17, 15) is 19.2 Å². The van der Waals surface area contributed by atoms with Gasteiger partial charge in [0.15, 0.2) is 0 Å². The van der Waals surface area contributed by atoms with Crippen molar-refractivity contribution >= 4 is 56.6 Å². The lowest BCUT2D eigenvalue weighted by molar-refractivity contribution is -0.136. The molecule has 0 radical (unpaired) electrons. The molecule has 2 aliphatic heterocycles. The maximum Gasteiger partial charge on any atom is 0.264 e. The minimum Gasteiger partial charge on any atom is -0.383 e. The molecule has 1 aromatic heterocycles. The van der Waals surface area contributed by atoms with Crippen molar-refractivity contribution in [3.05, 3.63) is 77.4 Å². The number of thiazole rings is 1. The van der Waals surface area contributed by atoms with Crippen LogP contribution in [0.3, 0.4) is 0 Å². The van der Waals surface area contributed by atoms with E-state index in [0.29, 0.717) is 45.2 Å². The van der Waals surface area contributed by atoms with Crippen LogP contribution < -0.4 is 16.0 Å². The molecule has 0 spiro atoms. The Morgan fingerprint density at radius 2 is 1.67 bits per heavy atom. The van der Waals surface area contributed by atoms with Gasteiger partial charge in [-0.25, -0.2) is 4.98 Å². The minimum absolute atomic E-state index is 0.0759. The fraction of sp³-hybridized carbons (Fsp3) is 0.303. The molecule has 4 aromatic rings. The molecule has 0 bridgehead atoms. The van der Waals surface area contributed by atoms with E-state index in [-0.39, 0.29) is 24.0 Å². The predicted octanol–water partition coefficient (Wildman–Crippen LogP) is 4.23. The van der Waals surface area contributed by atoms with E-state index in [4.69, 9.17) is 14.5 Å². The fourth-order valence-corrected chi connectivity index (χ4v) is 6.46. The number of fused-ring (bicyclic) bond motifs is 2. The number of nitrogens with one attached hydrogen (secondary N) is 3. The maximum atomic E-state index is 13.2. The number of hydrogen-bond donors (Lipinski definition) is 3. The summed E-state index contributed by atoms with van der Waals surface area (Å²) in [5.74, 6) is -2.12. The molecule has 11 nitrogen and oxygen atoms in total. The fourth-order valence-electron chi connectivity index (χ4n) is 5.40. The monoisotopic (exact) mass is 627 g/mol. The van der Waals surface area contributed by atoms with Gasteiger partial charge < -0.3 is 20.1 Å². The average molecular weight is 628 g/mol. The zero-order valence-electron chi connectivity index (χ0n) is 24.8. The van der Waals surface area contributed by atoms with Gasteiger partial charge in [0, 0.05) is 36.4 Å². The summed E-state index contributed by atoms with van der Waals surface area (Å²) in [6.45, 7) is 4.89. The van der Waals surface area contributed by atoms with Crippen LogP contribution in [0.2, 0.25) is 0 Å². The molecule has 1 atom stereocenters. The highest BCUT2D eigenvalue weighted by Crippen LogP contribution is 2.33. The van der Waals surface area contributed by atoms with Gasteiger partial charge in [-0.15, -0.1) is 11.3 Å². The second kappa shape index (κ2) is 13.6. The van der Waals surface area contributed by atoms with E-state index in [2.05, 4.69) is 53.2 Å². The van der Waals surface area contributed by atoms with Crippen molar-refractivity contribution in [2.24, 2.45) is 0 Å². The van der Waals surface area contributed by atoms with Crippen LogP contribution in [0, 0.1) is 6.92 Å². The van der Waals surface area contributed by atoms with Crippen LogP contribution in [-0.4, -0.2) is 79.1 Å². The molecular formula is C33H33N5O6S. The van der Waals surface area contributed by atoms with E-state index < -0.39 is 29.7 Å². The normalized spacial score (nSPS) is 16.3. The number of carbonyl (C=O) groups is 4. The Kier molecular flexibility index (Phi) is 9.15. The molecule has 2 aliphatic rings. The topological polar surface area (TPSA) is 139 Å². The van der Waals surface area contributed by atoms with Crippen molar-refractivity contribution in [2.45, 2.75) is 25.8 Å². The van der Waals surface area contributed by atoms with Crippen molar-refractivity contribution < 1.29 is 28.7 Å². The third kappa shape index (κ3) is 6.72. The number of rotatable bonds is 13. The molecule has 1 unspecified atom stereocenters. The number of aryl methyl sites for hydroxylation is 1. The second-order valence-corrected chi connectivity index (χ2v) is 11.9. The lowest BCUT2D eigenvalue weighted by Crippen LogP contribution is -2.54. The smallest absolute Gasteiger partial charge is 0.264 e. The summed E-state index contributed by atoms with van der Waals surface area (Å²) in [5, 5.41) is 9.73. The van der Waals surface area contributed by atoms with Crippen LogP contribution in [0.25, 0.3) is 20.8 Å². The lowest BCUT2D eigenvalue weighted by Gasteiger charge is -2.27. The van der Waals surface area contributed by atoms with Gasteiger partial charge >= 0.3 is 0 Å². The SMILES string of the molecule is Cc1ccc2nc(-c3ccc(NCCOCCOCCNc4cccc5c4C(=O)N(C4CCC(=O)NC4=O)C5=O)cc3)sc2c1. The maximum absolute atomic E-state index is 13.2. The number of ether oxygens (including phenoxy) is 2. The summed E-state index contributed by atoms with van der Waals surface area (Å²) < 4.78 is 12.5. The largest absolute Gasteiger partial charge is 0.383 e. The van der Waals surface area contributed by atoms with Crippen LogP contribution in [0.15, 0.2) is 60.7 Å². The van der Waals surface area contributed by atoms with Gasteiger partial charge in [-0.05, 0) is 67.4 Å². The Labute approximate surface area is 263 Å². The summed E-state index contributed by atoms with van der Waals surface area (Å²) in [4.78, 5) is 55.6. The number of aromatic nitrogens is 1. The number of anilines is 2. The molecule has 232 valence electrons. The van der Waals surface area contributed by atoms with Gasteiger partial charge in [0.25, 0.3) is 11.8 Å². The molecule has 12 heteroatoms. The second-order valence-electron chi connectivity index (χ2n) is 10.8. The zero-order chi connectivity index (χ0) is 31.3. The number of carbonyl (C=O) groups excluding carboxylic acids is 4. The molecule has 1 fully saturated rings. The number of amides is 4. The van der Waals surface area contributed by atoms with Crippen molar-refractivity contribution in [1.82, 2.24) is 15.2 Å². The van der Waals surface area contributed by atoms with E-state index in [1.165, 1.54) is 10.3 Å². The van der Waals surface area contributed by atoms with Gasteiger partial charge in [0.05, 0.1) is 47.8 Å². The van der Waals surface area contributed by atoms with Gasteiger partial charge in [-0.2, -0.15) is 0 Å². The average Bonchev–Trinajstić information content (AvgIpc) is 3.56. The first-order chi connectivity index (χ1) is 21.9. The first kappa shape index (κ1) is 30.4. The summed E-state index contributed by atoms with van der Waals surface area (Å²) in [5.41, 5.74) is 5.31. The number of nitrogens with zero attached hydrogens (tertiary/aromatic N) is 2. The van der Waals surface area contributed by atoms with Crippen molar-refractivity contribution in [1.29, 1.82) is 0 Å². The Bertz CT molecular complexity index is 1750. The first-order valence-electron chi connectivity index (χ1n) is 14.8. The summed E-state index contributed by atoms with van der Waals surface area (Å²) in [6.07, 6.45) is 0.191. The molecule has 4 amide bonds. The third-order valence-electron chi connectivity index (χ3n) is 7.65. The molecule has 0 aliphatic carbocycles. The van der Waals surface area contributed by atoms with Crippen LogP contribution in [0.1, 0.15) is 39.1 Å². The Hall–Kier alpha value is -4.65. The number of benzene rings is 3. The molecular weight excluding hydrogens is 594 g/mol. The first-order valence-corrected chi connectivity index (χ1v) is 15.7. The van der Waals surface area contributed by atoms with E-state index >= 15 is 0 Å². The highest BCUT2D eigenvalue weighted by molar-refractivity contribution is 7.21. The predicted molar refractivity (Wildman–Crippen MR) is 172 cm³/mol. The van der Waals surface area contributed by atoms with Crippen molar-refractivity contribution in [3.63, 3.8) is 0 Å². The molecule has 0 saturated carbocycles. The standard InChI is InChI=1S/C33H33N5O6S/c1-20-5-10-24-27(19-20)45-31(36-24)21-6-8-22(9-7-21)34-13-15-43-17-18-44-16-14-35-25-4-2-3-23-29(25)33(42)38(32(23)41)26-11-12-28(39)37-30(26)40/h2-10,19,26,34-35H,11-18H2,1H3,(H,37,39,40). The molecule has 3 aromatic carbocycles. The molecule has 6 rings (SSSR count). The Balaban J connectivity index is 0.877. The molecule has 1 saturated heterocycles. The minimum atomic E-state index is -0.998. The quantitative estimate of drug-likeness (QED) is 0.147. The van der Waals surface area contributed by atoms with Crippen LogP contribution in [0.5, 0.6) is 0 Å². The van der Waals surface area contributed by atoms with E-state index in [0.717, 1.165) is 26.7 Å². The van der Waals surface area contributed by atoms with Crippen LogP contribution in [-0.2, 0) is 19.1 Å². The van der Waals surface area contributed by atoms with Gasteiger partial charge in [-0.3, -0.25) is 29.4 Å². The van der Waals surface area contributed by atoms with Gasteiger partial charge in [-0.1, -0.05) is 12.1 Å². The zero-order valence-corrected chi connectivity index (χ0v) is 25.6. The van der Waals surface area contributed by atoms with Crippen molar-refractivity contribution in [2.75, 3.05) is 50.2 Å². The highest BCUT2D eigenvalue weighted by Gasteiger charge is 2.45. The number of imide groups is 2. The van der Waals surface area contributed by atoms with E-state index in [1.54, 1.807) is 29.5 Å². The Morgan fingerprint density at radius 1 is 0.911 bits per heavy atom. The summed E-state index contributed by atoms with van der Waals surface area (Å²) in [6, 6.07) is 18.5. The number of hydrogen-bond acceptors (Lipinski definition) is 10. The molecule has 3 heterocycles. The van der Waals surface area contributed by atoms with Gasteiger partial charge in [0.2, 0.25) is 11.8 Å².